The van der Waals surface area contributed by atoms with Gasteiger partial charge < -0.3 is 19.2 Å². The van der Waals surface area contributed by atoms with Crippen molar-refractivity contribution in [3.8, 4) is 11.5 Å². The third-order valence-electron chi connectivity index (χ3n) is 4.60. The van der Waals surface area contributed by atoms with Crippen LogP contribution < -0.4 is 14.8 Å². The van der Waals surface area contributed by atoms with E-state index in [1.54, 1.807) is 61.7 Å². The Morgan fingerprint density at radius 3 is 2.32 bits per heavy atom. The van der Waals surface area contributed by atoms with Crippen molar-refractivity contribution in [1.29, 1.82) is 0 Å². The van der Waals surface area contributed by atoms with Crippen molar-refractivity contribution >= 4 is 44.3 Å². The van der Waals surface area contributed by atoms with Gasteiger partial charge in [0.25, 0.3) is 5.91 Å². The Kier molecular flexibility index (Phi) is 6.04. The van der Waals surface area contributed by atoms with E-state index < -0.39 is 5.91 Å². The van der Waals surface area contributed by atoms with Gasteiger partial charge in [0.1, 0.15) is 17.1 Å². The molecule has 1 amide bonds. The van der Waals surface area contributed by atoms with Crippen LogP contribution in [0.1, 0.15) is 16.1 Å². The van der Waals surface area contributed by atoms with Crippen molar-refractivity contribution in [1.82, 2.24) is 0 Å². The minimum absolute atomic E-state index is 0.0587. The van der Waals surface area contributed by atoms with Crippen LogP contribution >= 0.6 is 15.9 Å². The number of fused-ring (bicyclic) bond motifs is 1. The number of furan rings is 1. The van der Waals surface area contributed by atoms with E-state index in [9.17, 15) is 9.59 Å². The molecule has 31 heavy (non-hydrogen) atoms. The number of methoxy groups -OCH3 is 1. The summed E-state index contributed by atoms with van der Waals surface area (Å²) in [6.45, 7) is -0.211. The maximum Gasteiger partial charge on any atom is 0.262 e. The maximum atomic E-state index is 13.1. The van der Waals surface area contributed by atoms with E-state index in [-0.39, 0.29) is 18.2 Å². The number of hydrogen-bond donors (Lipinski definition) is 1. The molecule has 0 unspecified atom stereocenters. The zero-order valence-corrected chi connectivity index (χ0v) is 18.1. The summed E-state index contributed by atoms with van der Waals surface area (Å²) < 4.78 is 17.4. The van der Waals surface area contributed by atoms with Gasteiger partial charge in [0.15, 0.2) is 12.4 Å². The van der Waals surface area contributed by atoms with Crippen molar-refractivity contribution in [2.24, 2.45) is 0 Å². The molecular weight excluding hydrogens is 462 g/mol. The van der Waals surface area contributed by atoms with Crippen LogP contribution in [0.5, 0.6) is 11.5 Å². The molecular formula is C24H18BrNO5. The highest BCUT2D eigenvalue weighted by Gasteiger charge is 2.23. The second-order valence-corrected chi connectivity index (χ2v) is 7.57. The first kappa shape index (κ1) is 20.7. The van der Waals surface area contributed by atoms with Gasteiger partial charge in [-0.1, -0.05) is 28.1 Å². The van der Waals surface area contributed by atoms with Crippen LogP contribution in [-0.4, -0.2) is 25.4 Å². The standard InChI is InChI=1S/C24H18BrNO5/c1-29-17-10-6-15(7-11-17)23(28)24-22(19-4-2-3-5-20(19)31-24)26-21(27)14-30-18-12-8-16(25)9-13-18/h2-13H,14H2,1H3,(H,26,27). The molecule has 0 spiro atoms. The number of halogens is 1. The van der Waals surface area contributed by atoms with Gasteiger partial charge in [-0.25, -0.2) is 0 Å². The molecule has 0 bridgehead atoms. The predicted octanol–water partition coefficient (Wildman–Crippen LogP) is 5.45. The van der Waals surface area contributed by atoms with E-state index in [1.807, 2.05) is 18.2 Å². The first-order chi connectivity index (χ1) is 15.0. The number of ether oxygens (including phenoxy) is 2. The summed E-state index contributed by atoms with van der Waals surface area (Å²) in [7, 11) is 1.56. The third kappa shape index (κ3) is 4.62. The number of carbonyl (C=O) groups is 2. The van der Waals surface area contributed by atoms with E-state index in [4.69, 9.17) is 13.9 Å². The smallest absolute Gasteiger partial charge is 0.262 e. The lowest BCUT2D eigenvalue weighted by molar-refractivity contribution is -0.118. The largest absolute Gasteiger partial charge is 0.497 e. The highest BCUT2D eigenvalue weighted by atomic mass is 79.9. The SMILES string of the molecule is COc1ccc(C(=O)c2oc3ccccc3c2NC(=O)COc2ccc(Br)cc2)cc1. The monoisotopic (exact) mass is 479 g/mol. The number of hydrogen-bond acceptors (Lipinski definition) is 5. The fourth-order valence-corrected chi connectivity index (χ4v) is 3.32. The van der Waals surface area contributed by atoms with Crippen LogP contribution in [0, 0.1) is 0 Å². The molecule has 0 saturated carbocycles. The Bertz CT molecular complexity index is 1230. The number of rotatable bonds is 7. The zero-order chi connectivity index (χ0) is 21.8. The second-order valence-electron chi connectivity index (χ2n) is 6.65. The van der Waals surface area contributed by atoms with Crippen molar-refractivity contribution in [3.05, 3.63) is 88.6 Å². The Balaban J connectivity index is 1.59. The van der Waals surface area contributed by atoms with E-state index in [0.717, 1.165) is 4.47 Å². The zero-order valence-electron chi connectivity index (χ0n) is 16.6. The number of amides is 1. The van der Waals surface area contributed by atoms with Crippen molar-refractivity contribution in [2.75, 3.05) is 19.0 Å². The van der Waals surface area contributed by atoms with Crippen LogP contribution in [0.2, 0.25) is 0 Å². The fraction of sp³-hybridized carbons (Fsp3) is 0.0833. The minimum Gasteiger partial charge on any atom is -0.497 e. The molecule has 0 atom stereocenters. The quantitative estimate of drug-likeness (QED) is 0.356. The average molecular weight is 480 g/mol. The van der Waals surface area contributed by atoms with Gasteiger partial charge in [0.2, 0.25) is 5.78 Å². The van der Waals surface area contributed by atoms with Gasteiger partial charge in [0.05, 0.1) is 12.8 Å². The normalized spacial score (nSPS) is 10.6. The summed E-state index contributed by atoms with van der Waals surface area (Å²) in [5.74, 6) is 0.509. The van der Waals surface area contributed by atoms with Crippen LogP contribution in [0.3, 0.4) is 0 Å². The molecule has 0 saturated heterocycles. The van der Waals surface area contributed by atoms with Gasteiger partial charge in [-0.05, 0) is 60.7 Å². The first-order valence-corrected chi connectivity index (χ1v) is 10.2. The number of benzene rings is 3. The molecule has 156 valence electrons. The van der Waals surface area contributed by atoms with Crippen molar-refractivity contribution in [3.63, 3.8) is 0 Å². The molecule has 4 aromatic rings. The average Bonchev–Trinajstić information content (AvgIpc) is 3.16. The molecule has 1 N–H and O–H groups in total. The van der Waals surface area contributed by atoms with Gasteiger partial charge in [0, 0.05) is 15.4 Å². The minimum atomic E-state index is -0.404. The molecule has 0 radical (unpaired) electrons. The van der Waals surface area contributed by atoms with E-state index >= 15 is 0 Å². The topological polar surface area (TPSA) is 77.8 Å². The summed E-state index contributed by atoms with van der Waals surface area (Å²) in [6.07, 6.45) is 0. The van der Waals surface area contributed by atoms with E-state index in [0.29, 0.717) is 33.7 Å². The van der Waals surface area contributed by atoms with Crippen molar-refractivity contribution < 1.29 is 23.5 Å². The lowest BCUT2D eigenvalue weighted by Crippen LogP contribution is -2.21. The van der Waals surface area contributed by atoms with Gasteiger partial charge in [-0.3, -0.25) is 9.59 Å². The van der Waals surface area contributed by atoms with E-state index in [2.05, 4.69) is 21.2 Å². The molecule has 1 aromatic heterocycles. The summed E-state index contributed by atoms with van der Waals surface area (Å²) in [5, 5.41) is 3.41. The maximum absolute atomic E-state index is 13.1. The summed E-state index contributed by atoms with van der Waals surface area (Å²) in [6, 6.07) is 21.0. The lowest BCUT2D eigenvalue weighted by Gasteiger charge is -2.08. The molecule has 6 nitrogen and oxygen atoms in total. The number of anilines is 1. The van der Waals surface area contributed by atoms with E-state index in [1.165, 1.54) is 0 Å². The highest BCUT2D eigenvalue weighted by molar-refractivity contribution is 9.10. The van der Waals surface area contributed by atoms with Crippen molar-refractivity contribution in [2.45, 2.75) is 0 Å². The first-order valence-electron chi connectivity index (χ1n) is 9.43. The molecule has 0 aliphatic heterocycles. The molecule has 7 heteroatoms. The second kappa shape index (κ2) is 9.06. The molecule has 0 fully saturated rings. The molecule has 3 aromatic carbocycles. The number of carbonyl (C=O) groups excluding carboxylic acids is 2. The predicted molar refractivity (Wildman–Crippen MR) is 121 cm³/mol. The van der Waals surface area contributed by atoms with Crippen LogP contribution in [-0.2, 0) is 4.79 Å². The molecule has 1 heterocycles. The van der Waals surface area contributed by atoms with Crippen LogP contribution in [0.25, 0.3) is 11.0 Å². The summed E-state index contributed by atoms with van der Waals surface area (Å²) in [4.78, 5) is 25.7. The Morgan fingerprint density at radius 2 is 1.61 bits per heavy atom. The lowest BCUT2D eigenvalue weighted by atomic mass is 10.1. The molecule has 0 aliphatic rings. The van der Waals surface area contributed by atoms with Gasteiger partial charge >= 0.3 is 0 Å². The highest BCUT2D eigenvalue weighted by Crippen LogP contribution is 2.32. The summed E-state index contributed by atoms with van der Waals surface area (Å²) >= 11 is 3.35. The number of para-hydroxylation sites is 1. The Morgan fingerprint density at radius 1 is 0.935 bits per heavy atom. The Labute approximate surface area is 186 Å². The summed E-state index contributed by atoms with van der Waals surface area (Å²) in [5.41, 5.74) is 1.24. The molecule has 0 aliphatic carbocycles. The number of nitrogens with one attached hydrogen (secondary N) is 1. The fourth-order valence-electron chi connectivity index (χ4n) is 3.06. The third-order valence-corrected chi connectivity index (χ3v) is 5.13. The van der Waals surface area contributed by atoms with Gasteiger partial charge in [-0.15, -0.1) is 0 Å². The molecule has 4 rings (SSSR count). The number of ketones is 1. The van der Waals surface area contributed by atoms with Crippen LogP contribution in [0.4, 0.5) is 5.69 Å². The van der Waals surface area contributed by atoms with Crippen LogP contribution in [0.15, 0.2) is 81.7 Å². The Hall–Kier alpha value is -3.58. The van der Waals surface area contributed by atoms with Gasteiger partial charge in [-0.2, -0.15) is 0 Å².